The van der Waals surface area contributed by atoms with Crippen LogP contribution in [0, 0.1) is 6.92 Å². The van der Waals surface area contributed by atoms with Gasteiger partial charge in [0.15, 0.2) is 0 Å². The van der Waals surface area contributed by atoms with Gasteiger partial charge in [-0.25, -0.2) is 9.59 Å². The summed E-state index contributed by atoms with van der Waals surface area (Å²) in [7, 11) is 0. The zero-order chi connectivity index (χ0) is 21.4. The molecule has 4 rings (SSSR count). The first-order valence-corrected chi connectivity index (χ1v) is 9.24. The van der Waals surface area contributed by atoms with Crippen molar-refractivity contribution < 1.29 is 24.5 Å². The van der Waals surface area contributed by atoms with Crippen molar-refractivity contribution in [2.75, 3.05) is 0 Å². The predicted octanol–water partition coefficient (Wildman–Crippen LogP) is 5.38. The number of carbonyl (C=O) groups is 2. The van der Waals surface area contributed by atoms with Gasteiger partial charge in [-0.3, -0.25) is 0 Å². The Morgan fingerprint density at radius 2 is 1.83 bits per heavy atom. The zero-order valence-electron chi connectivity index (χ0n) is 15.6. The number of imidazole rings is 1. The Morgan fingerprint density at radius 1 is 1.03 bits per heavy atom. The van der Waals surface area contributed by atoms with Crippen molar-refractivity contribution in [2.24, 2.45) is 0 Å². The highest BCUT2D eigenvalue weighted by Crippen LogP contribution is 2.33. The van der Waals surface area contributed by atoms with Gasteiger partial charge in [0.2, 0.25) is 0 Å². The highest BCUT2D eigenvalue weighted by atomic mass is 35.5. The number of carboxylic acids is 2. The third kappa shape index (κ3) is 3.70. The van der Waals surface area contributed by atoms with Gasteiger partial charge in [0.05, 0.1) is 27.2 Å². The molecule has 0 spiro atoms. The number of ether oxygens (including phenoxy) is 1. The number of halogens is 1. The summed E-state index contributed by atoms with van der Waals surface area (Å²) in [4.78, 5) is 29.9. The lowest BCUT2D eigenvalue weighted by atomic mass is 10.0. The topological polar surface area (TPSA) is 113 Å². The molecule has 0 atom stereocenters. The van der Waals surface area contributed by atoms with Crippen LogP contribution in [0.25, 0.3) is 22.2 Å². The lowest BCUT2D eigenvalue weighted by Gasteiger charge is -2.05. The first-order chi connectivity index (χ1) is 14.3. The van der Waals surface area contributed by atoms with Crippen LogP contribution in [0.4, 0.5) is 0 Å². The van der Waals surface area contributed by atoms with Crippen molar-refractivity contribution in [2.45, 2.75) is 6.92 Å². The summed E-state index contributed by atoms with van der Waals surface area (Å²) < 4.78 is 5.69. The minimum Gasteiger partial charge on any atom is -0.478 e. The van der Waals surface area contributed by atoms with Crippen molar-refractivity contribution in [1.82, 2.24) is 9.97 Å². The Bertz CT molecular complexity index is 1310. The number of hydrogen-bond donors (Lipinski definition) is 3. The van der Waals surface area contributed by atoms with Crippen molar-refractivity contribution in [3.05, 3.63) is 76.3 Å². The predicted molar refractivity (Wildman–Crippen MR) is 112 cm³/mol. The van der Waals surface area contributed by atoms with E-state index < -0.39 is 11.9 Å². The number of aromatic nitrogens is 2. The molecule has 0 aliphatic carbocycles. The van der Waals surface area contributed by atoms with Crippen LogP contribution in [0.1, 0.15) is 26.3 Å². The van der Waals surface area contributed by atoms with E-state index in [-0.39, 0.29) is 17.1 Å². The summed E-state index contributed by atoms with van der Waals surface area (Å²) in [5.74, 6) is -1.73. The molecule has 0 radical (unpaired) electrons. The second kappa shape index (κ2) is 7.53. The van der Waals surface area contributed by atoms with E-state index in [1.807, 2.05) is 0 Å². The van der Waals surface area contributed by atoms with E-state index in [0.29, 0.717) is 38.5 Å². The maximum absolute atomic E-state index is 11.3. The normalized spacial score (nSPS) is 10.9. The molecule has 0 saturated carbocycles. The molecule has 0 aliphatic heterocycles. The maximum atomic E-state index is 11.3. The highest BCUT2D eigenvalue weighted by Gasteiger charge is 2.14. The number of nitrogens with one attached hydrogen (secondary N) is 1. The largest absolute Gasteiger partial charge is 0.478 e. The van der Waals surface area contributed by atoms with Crippen LogP contribution in [-0.2, 0) is 0 Å². The Morgan fingerprint density at radius 3 is 2.57 bits per heavy atom. The zero-order valence-corrected chi connectivity index (χ0v) is 16.4. The number of benzene rings is 3. The van der Waals surface area contributed by atoms with Crippen LogP contribution in [0.2, 0.25) is 5.02 Å². The Labute approximate surface area is 175 Å². The first-order valence-electron chi connectivity index (χ1n) is 8.86. The van der Waals surface area contributed by atoms with Gasteiger partial charge in [0.25, 0.3) is 6.01 Å². The van der Waals surface area contributed by atoms with Gasteiger partial charge >= 0.3 is 11.9 Å². The molecule has 1 heterocycles. The molecule has 3 N–H and O–H groups in total. The summed E-state index contributed by atoms with van der Waals surface area (Å²) in [5.41, 5.74) is 3.40. The summed E-state index contributed by atoms with van der Waals surface area (Å²) in [6.07, 6.45) is 0. The smallest absolute Gasteiger partial charge is 0.336 e. The molecule has 30 heavy (non-hydrogen) atoms. The fourth-order valence-corrected chi connectivity index (χ4v) is 3.38. The van der Waals surface area contributed by atoms with Crippen molar-refractivity contribution >= 4 is 34.6 Å². The van der Waals surface area contributed by atoms with Crippen LogP contribution in [-0.4, -0.2) is 32.1 Å². The fourth-order valence-electron chi connectivity index (χ4n) is 3.10. The van der Waals surface area contributed by atoms with Crippen molar-refractivity contribution in [3.8, 4) is 22.9 Å². The molecule has 0 unspecified atom stereocenters. The number of fused-ring (bicyclic) bond motifs is 1. The summed E-state index contributed by atoms with van der Waals surface area (Å²) >= 11 is 6.41. The van der Waals surface area contributed by atoms with Crippen molar-refractivity contribution in [3.63, 3.8) is 0 Å². The molecule has 1 aromatic heterocycles. The average molecular weight is 423 g/mol. The number of aryl methyl sites for hydroxylation is 1. The van der Waals surface area contributed by atoms with Crippen LogP contribution in [0.5, 0.6) is 11.8 Å². The minimum absolute atomic E-state index is 0.146. The third-order valence-corrected chi connectivity index (χ3v) is 4.94. The van der Waals surface area contributed by atoms with E-state index >= 15 is 0 Å². The SMILES string of the molecule is Cc1ccc(Oc2nc3cc(-c4cccc(C(=O)O)c4)c(Cl)cc3[nH]2)cc1C(=O)O. The van der Waals surface area contributed by atoms with Crippen LogP contribution in [0.15, 0.2) is 54.6 Å². The van der Waals surface area contributed by atoms with Gasteiger partial charge in [0, 0.05) is 5.56 Å². The summed E-state index contributed by atoms with van der Waals surface area (Å²) in [5, 5.41) is 18.9. The lowest BCUT2D eigenvalue weighted by molar-refractivity contribution is 0.0685. The molecule has 0 saturated heterocycles. The summed E-state index contributed by atoms with van der Waals surface area (Å²) in [6, 6.07) is 14.8. The molecule has 4 aromatic rings. The van der Waals surface area contributed by atoms with Gasteiger partial charge in [-0.2, -0.15) is 4.98 Å². The third-order valence-electron chi connectivity index (χ3n) is 4.62. The number of carboxylic acid groups (broad SMARTS) is 2. The Kier molecular flexibility index (Phi) is 4.89. The van der Waals surface area contributed by atoms with Crippen LogP contribution >= 0.6 is 11.6 Å². The van der Waals surface area contributed by atoms with Gasteiger partial charge in [-0.15, -0.1) is 0 Å². The van der Waals surface area contributed by atoms with Gasteiger partial charge < -0.3 is 19.9 Å². The molecule has 0 aliphatic rings. The molecule has 7 nitrogen and oxygen atoms in total. The number of H-pyrrole nitrogens is 1. The fraction of sp³-hybridized carbons (Fsp3) is 0.0455. The van der Waals surface area contributed by atoms with Crippen molar-refractivity contribution in [1.29, 1.82) is 0 Å². The minimum atomic E-state index is -1.04. The molecular weight excluding hydrogens is 408 g/mol. The van der Waals surface area contributed by atoms with Gasteiger partial charge in [0.1, 0.15) is 5.75 Å². The first kappa shape index (κ1) is 19.5. The van der Waals surface area contributed by atoms with Crippen LogP contribution < -0.4 is 4.74 Å². The Balaban J connectivity index is 1.70. The number of aromatic amines is 1. The lowest BCUT2D eigenvalue weighted by Crippen LogP contribution is -2.00. The number of nitrogens with zero attached hydrogens (tertiary/aromatic N) is 1. The van der Waals surface area contributed by atoms with E-state index in [9.17, 15) is 19.8 Å². The number of aromatic carboxylic acids is 2. The molecule has 150 valence electrons. The van der Waals surface area contributed by atoms with Gasteiger partial charge in [-0.05, 0) is 54.4 Å². The standard InChI is InChI=1S/C22H15ClN2O5/c1-11-5-6-14(8-15(11)21(28)29)30-22-24-18-9-16(17(23)10-19(18)25-22)12-3-2-4-13(7-12)20(26)27/h2-10H,1H3,(H,24,25)(H,26,27)(H,28,29). The Hall–Kier alpha value is -3.84. The molecule has 0 bridgehead atoms. The van der Waals surface area contributed by atoms with E-state index in [0.717, 1.165) is 0 Å². The molecule has 3 aromatic carbocycles. The van der Waals surface area contributed by atoms with Crippen LogP contribution in [0.3, 0.4) is 0 Å². The van der Waals surface area contributed by atoms with Gasteiger partial charge in [-0.1, -0.05) is 29.8 Å². The maximum Gasteiger partial charge on any atom is 0.336 e. The molecule has 0 fully saturated rings. The average Bonchev–Trinajstić information content (AvgIpc) is 3.09. The van der Waals surface area contributed by atoms with E-state index in [1.165, 1.54) is 12.1 Å². The van der Waals surface area contributed by atoms with E-state index in [1.54, 1.807) is 49.4 Å². The van der Waals surface area contributed by atoms with E-state index in [4.69, 9.17) is 16.3 Å². The second-order valence-corrected chi connectivity index (χ2v) is 7.07. The van der Waals surface area contributed by atoms with E-state index in [2.05, 4.69) is 9.97 Å². The number of hydrogen-bond acceptors (Lipinski definition) is 4. The summed E-state index contributed by atoms with van der Waals surface area (Å²) in [6.45, 7) is 1.71. The number of rotatable bonds is 5. The highest BCUT2D eigenvalue weighted by molar-refractivity contribution is 6.34. The quantitative estimate of drug-likeness (QED) is 0.398. The second-order valence-electron chi connectivity index (χ2n) is 6.66. The molecular formula is C22H15ClN2O5. The monoisotopic (exact) mass is 422 g/mol. The molecule has 8 heteroatoms. The molecule has 0 amide bonds.